The Labute approximate surface area is 138 Å². The molecule has 8 heteroatoms. The predicted octanol–water partition coefficient (Wildman–Crippen LogP) is -0.805. The van der Waals surface area contributed by atoms with Crippen LogP contribution in [0, 0.1) is 0 Å². The van der Waals surface area contributed by atoms with Crippen LogP contribution < -0.4 is 10.2 Å². The number of carboxylic acids is 2. The summed E-state index contributed by atoms with van der Waals surface area (Å²) in [6.45, 7) is 1.94. The second kappa shape index (κ2) is 12.3. The monoisotopic (exact) mass is 353 g/mol. The van der Waals surface area contributed by atoms with Crippen LogP contribution >= 0.6 is 0 Å². The van der Waals surface area contributed by atoms with Crippen LogP contribution in [0.15, 0.2) is 42.7 Å². The Morgan fingerprint density at radius 3 is 1.86 bits per heavy atom. The molecule has 0 saturated carbocycles. The zero-order valence-corrected chi connectivity index (χ0v) is 12.8. The first-order chi connectivity index (χ1) is 9.86. The first-order valence-corrected chi connectivity index (χ1v) is 5.77. The number of nitrogens with zero attached hydrogens (tertiary/aromatic N) is 2. The molecule has 0 aliphatic heterocycles. The Morgan fingerprint density at radius 2 is 1.55 bits per heavy atom. The molecule has 0 aliphatic rings. The van der Waals surface area contributed by atoms with Gasteiger partial charge in [0.05, 0.1) is 5.69 Å². The van der Waals surface area contributed by atoms with Gasteiger partial charge in [0.25, 0.3) is 0 Å². The molecule has 1 aromatic carbocycles. The van der Waals surface area contributed by atoms with Crippen molar-refractivity contribution in [1.29, 1.82) is 0 Å². The molecule has 0 spiro atoms. The van der Waals surface area contributed by atoms with Crippen LogP contribution in [0.3, 0.4) is 0 Å². The third-order valence-electron chi connectivity index (χ3n) is 1.80. The van der Waals surface area contributed by atoms with E-state index in [9.17, 15) is 4.79 Å². The van der Waals surface area contributed by atoms with Crippen molar-refractivity contribution in [2.45, 2.75) is 13.8 Å². The van der Waals surface area contributed by atoms with E-state index in [4.69, 9.17) is 19.8 Å². The van der Waals surface area contributed by atoms with E-state index in [-0.39, 0.29) is 17.1 Å². The van der Waals surface area contributed by atoms with Crippen LogP contribution in [0.5, 0.6) is 0 Å². The van der Waals surface area contributed by atoms with Gasteiger partial charge in [0.1, 0.15) is 6.29 Å². The minimum Gasteiger partial charge on any atom is -0.550 e. The number of benzene rings is 1. The fourth-order valence-corrected chi connectivity index (χ4v) is 1.13. The molecule has 7 nitrogen and oxygen atoms in total. The molecule has 0 bridgehead atoms. The standard InChI is InChI=1S/C10H8N2O.2C2H4O2.Cu/c13-8-9-2-4-10(5-3-9)12-7-1-6-11-12;2*1-2(3)4;/h1-8H;2*1H3,(H,3,4);/q;;;+2/p-2. The van der Waals surface area contributed by atoms with E-state index in [1.807, 2.05) is 24.4 Å². The van der Waals surface area contributed by atoms with Gasteiger partial charge in [-0.3, -0.25) is 4.79 Å². The van der Waals surface area contributed by atoms with Gasteiger partial charge in [0.15, 0.2) is 0 Å². The summed E-state index contributed by atoms with van der Waals surface area (Å²) in [5, 5.41) is 21.8. The molecule has 1 heterocycles. The molecular weight excluding hydrogens is 340 g/mol. The Morgan fingerprint density at radius 1 is 1.09 bits per heavy atom. The third-order valence-corrected chi connectivity index (χ3v) is 1.80. The maximum Gasteiger partial charge on any atom is 2.00 e. The molecule has 0 fully saturated rings. The summed E-state index contributed by atoms with van der Waals surface area (Å²) in [6, 6.07) is 9.11. The molecule has 0 atom stereocenters. The first kappa shape index (κ1) is 21.9. The Hall–Kier alpha value is -2.44. The van der Waals surface area contributed by atoms with Crippen LogP contribution in [0.1, 0.15) is 24.2 Å². The van der Waals surface area contributed by atoms with Gasteiger partial charge in [-0.2, -0.15) is 5.10 Å². The number of rotatable bonds is 2. The van der Waals surface area contributed by atoms with Crippen molar-refractivity contribution < 1.29 is 41.7 Å². The molecule has 2 rings (SSSR count). The predicted molar refractivity (Wildman–Crippen MR) is 70.3 cm³/mol. The van der Waals surface area contributed by atoms with E-state index in [1.165, 1.54) is 0 Å². The number of carboxylic acid groups (broad SMARTS) is 2. The van der Waals surface area contributed by atoms with Gasteiger partial charge in [-0.15, -0.1) is 0 Å². The van der Waals surface area contributed by atoms with Gasteiger partial charge >= 0.3 is 17.1 Å². The Balaban J connectivity index is 0. The van der Waals surface area contributed by atoms with Crippen molar-refractivity contribution in [1.82, 2.24) is 9.78 Å². The summed E-state index contributed by atoms with van der Waals surface area (Å²) in [7, 11) is 0. The van der Waals surface area contributed by atoms with E-state index < -0.39 is 11.9 Å². The number of carbonyl (C=O) groups is 3. The van der Waals surface area contributed by atoms with E-state index in [0.717, 1.165) is 25.8 Å². The third kappa shape index (κ3) is 11.4. The van der Waals surface area contributed by atoms with Crippen molar-refractivity contribution in [2.24, 2.45) is 0 Å². The van der Waals surface area contributed by atoms with Gasteiger partial charge < -0.3 is 19.8 Å². The maximum atomic E-state index is 10.4. The van der Waals surface area contributed by atoms with E-state index in [0.29, 0.717) is 5.56 Å². The minimum absolute atomic E-state index is 0. The first-order valence-electron chi connectivity index (χ1n) is 5.77. The largest absolute Gasteiger partial charge is 2.00 e. The molecule has 2 aromatic rings. The molecule has 1 aromatic heterocycles. The number of carbonyl (C=O) groups excluding carboxylic acids is 3. The number of aliphatic carboxylic acids is 2. The molecule has 0 N–H and O–H groups in total. The van der Waals surface area contributed by atoms with Crippen molar-refractivity contribution in [3.63, 3.8) is 0 Å². The summed E-state index contributed by atoms with van der Waals surface area (Å²) in [4.78, 5) is 28.2. The second-order valence-electron chi connectivity index (χ2n) is 3.64. The fourth-order valence-electron chi connectivity index (χ4n) is 1.13. The van der Waals surface area contributed by atoms with Crippen molar-refractivity contribution in [3.05, 3.63) is 48.3 Å². The fraction of sp³-hybridized carbons (Fsp3) is 0.143. The molecule has 0 amide bonds. The zero-order valence-electron chi connectivity index (χ0n) is 11.9. The van der Waals surface area contributed by atoms with E-state index in [2.05, 4.69) is 5.10 Å². The summed E-state index contributed by atoms with van der Waals surface area (Å²) >= 11 is 0. The molecule has 121 valence electrons. The van der Waals surface area contributed by atoms with Crippen molar-refractivity contribution in [2.75, 3.05) is 0 Å². The van der Waals surface area contributed by atoms with E-state index >= 15 is 0 Å². The van der Waals surface area contributed by atoms with Crippen LogP contribution in [-0.4, -0.2) is 28.0 Å². The summed E-state index contributed by atoms with van der Waals surface area (Å²) in [5.41, 5.74) is 1.63. The Bertz CT molecular complexity index is 547. The SMILES string of the molecule is CC(=O)[O-].CC(=O)[O-].O=Cc1ccc(-n2cccn2)cc1.[Cu+2]. The average Bonchev–Trinajstić information content (AvgIpc) is 2.91. The van der Waals surface area contributed by atoms with Gasteiger partial charge in [0, 0.05) is 29.9 Å². The molecule has 0 unspecified atom stereocenters. The number of aldehydes is 1. The number of hydrogen-bond donors (Lipinski definition) is 0. The number of aromatic nitrogens is 2. The summed E-state index contributed by atoms with van der Waals surface area (Å²) < 4.78 is 1.74. The molecule has 22 heavy (non-hydrogen) atoms. The molecular formula is C14H14CuN2O5. The van der Waals surface area contributed by atoms with Crippen LogP contribution in [0.25, 0.3) is 5.69 Å². The zero-order chi connectivity index (χ0) is 16.3. The van der Waals surface area contributed by atoms with E-state index in [1.54, 1.807) is 23.0 Å². The molecule has 0 saturated heterocycles. The molecule has 0 aliphatic carbocycles. The summed E-state index contributed by atoms with van der Waals surface area (Å²) in [6.07, 6.45) is 4.40. The van der Waals surface area contributed by atoms with Gasteiger partial charge in [-0.25, -0.2) is 4.68 Å². The smallest absolute Gasteiger partial charge is 0.550 e. The Kier molecular flexibility index (Phi) is 12.2. The van der Waals surface area contributed by atoms with Crippen LogP contribution in [0.2, 0.25) is 0 Å². The van der Waals surface area contributed by atoms with Crippen LogP contribution in [-0.2, 0) is 26.7 Å². The normalized spacial score (nSPS) is 8.09. The number of hydrogen-bond acceptors (Lipinski definition) is 6. The quantitative estimate of drug-likeness (QED) is 0.515. The van der Waals surface area contributed by atoms with Crippen molar-refractivity contribution >= 4 is 18.2 Å². The molecule has 1 radical (unpaired) electrons. The van der Waals surface area contributed by atoms with Crippen LogP contribution in [0.4, 0.5) is 0 Å². The van der Waals surface area contributed by atoms with Gasteiger partial charge in [-0.05, 0) is 44.2 Å². The topological polar surface area (TPSA) is 115 Å². The van der Waals surface area contributed by atoms with Gasteiger partial charge in [-0.1, -0.05) is 0 Å². The average molecular weight is 354 g/mol. The van der Waals surface area contributed by atoms with Gasteiger partial charge in [0.2, 0.25) is 0 Å². The second-order valence-corrected chi connectivity index (χ2v) is 3.64. The maximum absolute atomic E-state index is 10.4. The minimum atomic E-state index is -1.08. The summed E-state index contributed by atoms with van der Waals surface area (Å²) in [5.74, 6) is -2.17. The van der Waals surface area contributed by atoms with Crippen molar-refractivity contribution in [3.8, 4) is 5.69 Å².